The summed E-state index contributed by atoms with van der Waals surface area (Å²) < 4.78 is 5.16. The number of ether oxygens (including phenoxy) is 1. The number of benzene rings is 1. The molecule has 1 aromatic rings. The van der Waals surface area contributed by atoms with Gasteiger partial charge in [0.1, 0.15) is 5.75 Å². The van der Waals surface area contributed by atoms with Crippen LogP contribution in [0.1, 0.15) is 38.2 Å². The summed E-state index contributed by atoms with van der Waals surface area (Å²) >= 11 is 0. The van der Waals surface area contributed by atoms with Crippen LogP contribution in [0.15, 0.2) is 24.3 Å². The van der Waals surface area contributed by atoms with Crippen molar-refractivity contribution in [3.8, 4) is 5.75 Å². The lowest BCUT2D eigenvalue weighted by atomic mass is 9.87. The first kappa shape index (κ1) is 13.4. The highest BCUT2D eigenvalue weighted by molar-refractivity contribution is 5.27. The van der Waals surface area contributed by atoms with Crippen LogP contribution in [0.5, 0.6) is 5.75 Å². The molecule has 2 atom stereocenters. The van der Waals surface area contributed by atoms with E-state index in [0.29, 0.717) is 0 Å². The molecule has 2 nitrogen and oxygen atoms in total. The van der Waals surface area contributed by atoms with Crippen LogP contribution in [0.3, 0.4) is 0 Å². The van der Waals surface area contributed by atoms with Crippen molar-refractivity contribution in [2.24, 2.45) is 5.92 Å². The van der Waals surface area contributed by atoms with E-state index >= 15 is 0 Å². The van der Waals surface area contributed by atoms with Gasteiger partial charge in [-0.3, -0.25) is 0 Å². The Bertz CT molecular complexity index is 347. The van der Waals surface area contributed by atoms with Gasteiger partial charge in [-0.15, -0.1) is 0 Å². The normalized spacial score (nSPS) is 23.9. The number of rotatable bonds is 5. The van der Waals surface area contributed by atoms with Crippen molar-refractivity contribution in [2.75, 3.05) is 13.7 Å². The quantitative estimate of drug-likeness (QED) is 0.861. The van der Waals surface area contributed by atoms with Crippen LogP contribution in [-0.2, 0) is 6.42 Å². The zero-order chi connectivity index (χ0) is 12.8. The second kappa shape index (κ2) is 6.79. The highest BCUT2D eigenvalue weighted by Gasteiger charge is 2.17. The summed E-state index contributed by atoms with van der Waals surface area (Å²) in [6.45, 7) is 3.46. The zero-order valence-electron chi connectivity index (χ0n) is 11.6. The largest absolute Gasteiger partial charge is 0.497 e. The van der Waals surface area contributed by atoms with Gasteiger partial charge in [0.2, 0.25) is 0 Å². The van der Waals surface area contributed by atoms with Gasteiger partial charge in [0.05, 0.1) is 7.11 Å². The van der Waals surface area contributed by atoms with Crippen molar-refractivity contribution in [3.05, 3.63) is 29.8 Å². The molecule has 0 spiro atoms. The van der Waals surface area contributed by atoms with Crippen molar-refractivity contribution >= 4 is 0 Å². The molecular formula is C16H25NO. The molecule has 1 aliphatic rings. The molecule has 0 saturated heterocycles. The first-order valence-corrected chi connectivity index (χ1v) is 7.14. The molecule has 2 rings (SSSR count). The highest BCUT2D eigenvalue weighted by atomic mass is 16.5. The monoisotopic (exact) mass is 247 g/mol. The third kappa shape index (κ3) is 4.02. The van der Waals surface area contributed by atoms with Gasteiger partial charge in [0, 0.05) is 6.04 Å². The zero-order valence-corrected chi connectivity index (χ0v) is 11.6. The van der Waals surface area contributed by atoms with Crippen LogP contribution in [0, 0.1) is 5.92 Å². The average Bonchev–Trinajstić information content (AvgIpc) is 2.40. The Hall–Kier alpha value is -1.02. The van der Waals surface area contributed by atoms with E-state index < -0.39 is 0 Å². The van der Waals surface area contributed by atoms with Crippen LogP contribution >= 0.6 is 0 Å². The van der Waals surface area contributed by atoms with Crippen LogP contribution in [0.4, 0.5) is 0 Å². The maximum atomic E-state index is 5.16. The first-order chi connectivity index (χ1) is 8.78. The lowest BCUT2D eigenvalue weighted by molar-refractivity contribution is 0.303. The van der Waals surface area contributed by atoms with E-state index in [1.807, 2.05) is 12.1 Å². The predicted octanol–water partition coefficient (Wildman–Crippen LogP) is 3.41. The van der Waals surface area contributed by atoms with E-state index in [9.17, 15) is 0 Å². The average molecular weight is 247 g/mol. The van der Waals surface area contributed by atoms with Crippen molar-refractivity contribution in [2.45, 2.75) is 45.1 Å². The highest BCUT2D eigenvalue weighted by Crippen LogP contribution is 2.23. The number of nitrogens with one attached hydrogen (secondary N) is 1. The van der Waals surface area contributed by atoms with Gasteiger partial charge in [-0.05, 0) is 49.4 Å². The van der Waals surface area contributed by atoms with Crippen LogP contribution in [-0.4, -0.2) is 19.7 Å². The smallest absolute Gasteiger partial charge is 0.118 e. The molecule has 0 unspecified atom stereocenters. The van der Waals surface area contributed by atoms with Gasteiger partial charge in [-0.25, -0.2) is 0 Å². The SMILES string of the molecule is COc1ccc(CCN[C@@H]2CCC[C@@H](C)C2)cc1. The topological polar surface area (TPSA) is 21.3 Å². The van der Waals surface area contributed by atoms with E-state index in [1.165, 1.54) is 31.2 Å². The lowest BCUT2D eigenvalue weighted by Crippen LogP contribution is -2.34. The molecule has 18 heavy (non-hydrogen) atoms. The molecule has 1 saturated carbocycles. The van der Waals surface area contributed by atoms with E-state index in [0.717, 1.165) is 30.7 Å². The van der Waals surface area contributed by atoms with Crippen molar-refractivity contribution < 1.29 is 4.74 Å². The van der Waals surface area contributed by atoms with Gasteiger partial charge in [0.25, 0.3) is 0 Å². The lowest BCUT2D eigenvalue weighted by Gasteiger charge is -2.27. The number of hydrogen-bond donors (Lipinski definition) is 1. The van der Waals surface area contributed by atoms with E-state index in [-0.39, 0.29) is 0 Å². The Morgan fingerprint density at radius 1 is 1.22 bits per heavy atom. The van der Waals surface area contributed by atoms with Crippen molar-refractivity contribution in [1.29, 1.82) is 0 Å². The minimum atomic E-state index is 0.743. The third-order valence-electron chi connectivity index (χ3n) is 3.94. The Morgan fingerprint density at radius 2 is 2.00 bits per heavy atom. The summed E-state index contributed by atoms with van der Waals surface area (Å²) in [5.74, 6) is 1.84. The molecular weight excluding hydrogens is 222 g/mol. The Kier molecular flexibility index (Phi) is 5.06. The summed E-state index contributed by atoms with van der Waals surface area (Å²) in [6.07, 6.45) is 6.61. The van der Waals surface area contributed by atoms with E-state index in [2.05, 4.69) is 24.4 Å². The minimum absolute atomic E-state index is 0.743. The van der Waals surface area contributed by atoms with E-state index in [1.54, 1.807) is 7.11 Å². The van der Waals surface area contributed by atoms with Gasteiger partial charge >= 0.3 is 0 Å². The molecule has 100 valence electrons. The maximum absolute atomic E-state index is 5.16. The van der Waals surface area contributed by atoms with E-state index in [4.69, 9.17) is 4.74 Å². The summed E-state index contributed by atoms with van der Waals surface area (Å²) in [4.78, 5) is 0. The summed E-state index contributed by atoms with van der Waals surface area (Å²) in [7, 11) is 1.71. The fourth-order valence-corrected chi connectivity index (χ4v) is 2.83. The molecule has 0 aromatic heterocycles. The summed E-state index contributed by atoms with van der Waals surface area (Å²) in [5.41, 5.74) is 1.38. The Morgan fingerprint density at radius 3 is 2.67 bits per heavy atom. The second-order valence-electron chi connectivity index (χ2n) is 5.52. The molecule has 1 aromatic carbocycles. The van der Waals surface area contributed by atoms with Gasteiger partial charge < -0.3 is 10.1 Å². The predicted molar refractivity (Wildman–Crippen MR) is 76.1 cm³/mol. The molecule has 0 amide bonds. The Labute approximate surface area is 111 Å². The fraction of sp³-hybridized carbons (Fsp3) is 0.625. The van der Waals surface area contributed by atoms with Gasteiger partial charge in [-0.1, -0.05) is 31.9 Å². The molecule has 0 radical (unpaired) electrons. The second-order valence-corrected chi connectivity index (χ2v) is 5.52. The van der Waals surface area contributed by atoms with Gasteiger partial charge in [-0.2, -0.15) is 0 Å². The molecule has 0 bridgehead atoms. The number of methoxy groups -OCH3 is 1. The maximum Gasteiger partial charge on any atom is 0.118 e. The first-order valence-electron chi connectivity index (χ1n) is 7.14. The molecule has 2 heteroatoms. The summed E-state index contributed by atoms with van der Waals surface area (Å²) in [5, 5.41) is 3.70. The number of hydrogen-bond acceptors (Lipinski definition) is 2. The van der Waals surface area contributed by atoms with Crippen molar-refractivity contribution in [3.63, 3.8) is 0 Å². The molecule has 1 aliphatic carbocycles. The standard InChI is InChI=1S/C16H25NO/c1-13-4-3-5-15(12-13)17-11-10-14-6-8-16(18-2)9-7-14/h6-9,13,15,17H,3-5,10-12H2,1-2H3/t13-,15-/m1/s1. The third-order valence-corrected chi connectivity index (χ3v) is 3.94. The van der Waals surface area contributed by atoms with Crippen molar-refractivity contribution in [1.82, 2.24) is 5.32 Å². The minimum Gasteiger partial charge on any atom is -0.497 e. The Balaban J connectivity index is 1.70. The molecule has 0 heterocycles. The summed E-state index contributed by atoms with van der Waals surface area (Å²) in [6, 6.07) is 9.14. The molecule has 1 fully saturated rings. The van der Waals surface area contributed by atoms with Crippen LogP contribution < -0.4 is 10.1 Å². The molecule has 0 aliphatic heterocycles. The van der Waals surface area contributed by atoms with Crippen LogP contribution in [0.25, 0.3) is 0 Å². The fourth-order valence-electron chi connectivity index (χ4n) is 2.83. The van der Waals surface area contributed by atoms with Crippen LogP contribution in [0.2, 0.25) is 0 Å². The van der Waals surface area contributed by atoms with Gasteiger partial charge in [0.15, 0.2) is 0 Å². The molecule has 1 N–H and O–H groups in total.